The van der Waals surface area contributed by atoms with E-state index in [0.717, 1.165) is 5.56 Å². The minimum Gasteiger partial charge on any atom is -0.497 e. The smallest absolute Gasteiger partial charge is 0.235 e. The standard InChI is InChI=1S/C23H24ClN5O3/c1-14-20(22(31)26-17-9-7-16(24)8-10-17)21(15-5-11-18(32-2)12-6-15)29-23(25-14)27-19(28-29)4-3-13-30/h5-12,20-21,30H,1,3-4,13H2,2H3,(H,26,31)(H,25,27,28)/t20-,21+/m1/s1. The van der Waals surface area contributed by atoms with E-state index in [1.54, 1.807) is 36.1 Å². The number of carbonyl (C=O) groups is 1. The molecule has 0 fully saturated rings. The Kier molecular flexibility index (Phi) is 6.43. The molecule has 2 heterocycles. The van der Waals surface area contributed by atoms with Gasteiger partial charge in [0.05, 0.1) is 13.2 Å². The van der Waals surface area contributed by atoms with E-state index >= 15 is 0 Å². The molecule has 0 saturated carbocycles. The van der Waals surface area contributed by atoms with Crippen molar-refractivity contribution in [2.24, 2.45) is 5.92 Å². The topological polar surface area (TPSA) is 101 Å². The van der Waals surface area contributed by atoms with E-state index in [4.69, 9.17) is 21.4 Å². The number of amides is 1. The number of aryl methyl sites for hydroxylation is 1. The molecule has 2 atom stereocenters. The zero-order valence-electron chi connectivity index (χ0n) is 17.6. The summed E-state index contributed by atoms with van der Waals surface area (Å²) < 4.78 is 7.00. The van der Waals surface area contributed by atoms with Crippen LogP contribution in [-0.4, -0.2) is 39.5 Å². The number of hydrogen-bond acceptors (Lipinski definition) is 6. The van der Waals surface area contributed by atoms with E-state index in [0.29, 0.717) is 46.8 Å². The van der Waals surface area contributed by atoms with Gasteiger partial charge >= 0.3 is 0 Å². The first kappa shape index (κ1) is 21.9. The SMILES string of the molecule is C=C1Nc2nc(CCCO)nn2[C@@H](c2ccc(OC)cc2)[C@@H]1C(=O)Nc1ccc(Cl)cc1. The summed E-state index contributed by atoms with van der Waals surface area (Å²) in [5.74, 6) is 0.930. The largest absolute Gasteiger partial charge is 0.497 e. The van der Waals surface area contributed by atoms with Gasteiger partial charge in [-0.3, -0.25) is 4.79 Å². The molecule has 1 aliphatic rings. The quantitative estimate of drug-likeness (QED) is 0.504. The molecule has 0 radical (unpaired) electrons. The fraction of sp³-hybridized carbons (Fsp3) is 0.261. The van der Waals surface area contributed by atoms with Crippen LogP contribution in [0, 0.1) is 5.92 Å². The molecule has 0 unspecified atom stereocenters. The Morgan fingerprint density at radius 3 is 2.62 bits per heavy atom. The third-order valence-corrected chi connectivity index (χ3v) is 5.56. The summed E-state index contributed by atoms with van der Waals surface area (Å²) >= 11 is 5.96. The summed E-state index contributed by atoms with van der Waals surface area (Å²) in [7, 11) is 1.60. The van der Waals surface area contributed by atoms with Crippen LogP contribution in [0.2, 0.25) is 5.02 Å². The highest BCUT2D eigenvalue weighted by Crippen LogP contribution is 2.38. The van der Waals surface area contributed by atoms with Crippen LogP contribution in [0.1, 0.15) is 23.9 Å². The fourth-order valence-electron chi connectivity index (χ4n) is 3.73. The summed E-state index contributed by atoms with van der Waals surface area (Å²) in [5.41, 5.74) is 2.02. The van der Waals surface area contributed by atoms with Gasteiger partial charge in [-0.2, -0.15) is 10.1 Å². The Hall–Kier alpha value is -3.36. The number of rotatable bonds is 7. The van der Waals surface area contributed by atoms with Gasteiger partial charge in [-0.05, 0) is 48.4 Å². The first-order chi connectivity index (χ1) is 15.5. The second-order valence-electron chi connectivity index (χ2n) is 7.47. The number of aliphatic hydroxyl groups excluding tert-OH is 1. The summed E-state index contributed by atoms with van der Waals surface area (Å²) in [6.07, 6.45) is 1.08. The van der Waals surface area contributed by atoms with E-state index in [1.165, 1.54) is 0 Å². The molecule has 166 valence electrons. The van der Waals surface area contributed by atoms with Crippen molar-refractivity contribution in [1.82, 2.24) is 14.8 Å². The van der Waals surface area contributed by atoms with Crippen LogP contribution in [0.15, 0.2) is 60.8 Å². The number of halogens is 1. The molecule has 0 bridgehead atoms. The number of nitrogens with one attached hydrogen (secondary N) is 2. The van der Waals surface area contributed by atoms with Crippen molar-refractivity contribution in [1.29, 1.82) is 0 Å². The number of benzene rings is 2. The molecule has 0 saturated heterocycles. The number of fused-ring (bicyclic) bond motifs is 1. The average Bonchev–Trinajstić information content (AvgIpc) is 3.20. The lowest BCUT2D eigenvalue weighted by Gasteiger charge is -2.33. The summed E-state index contributed by atoms with van der Waals surface area (Å²) in [6, 6.07) is 14.0. The molecule has 2 aromatic carbocycles. The highest BCUT2D eigenvalue weighted by Gasteiger charge is 2.40. The van der Waals surface area contributed by atoms with Crippen molar-refractivity contribution in [3.05, 3.63) is 77.2 Å². The summed E-state index contributed by atoms with van der Waals surface area (Å²) in [5, 5.41) is 20.5. The van der Waals surface area contributed by atoms with E-state index in [1.807, 2.05) is 24.3 Å². The normalized spacial score (nSPS) is 17.4. The van der Waals surface area contributed by atoms with E-state index in [2.05, 4.69) is 27.3 Å². The van der Waals surface area contributed by atoms with Gasteiger partial charge in [0, 0.05) is 29.4 Å². The highest BCUT2D eigenvalue weighted by molar-refractivity contribution is 6.30. The van der Waals surface area contributed by atoms with Crippen molar-refractivity contribution in [2.45, 2.75) is 18.9 Å². The van der Waals surface area contributed by atoms with Crippen LogP contribution >= 0.6 is 11.6 Å². The molecular weight excluding hydrogens is 430 g/mol. The first-order valence-electron chi connectivity index (χ1n) is 10.2. The lowest BCUT2D eigenvalue weighted by Crippen LogP contribution is -2.39. The molecule has 3 aromatic rings. The maximum atomic E-state index is 13.4. The molecule has 9 heteroatoms. The maximum absolute atomic E-state index is 13.4. The molecule has 3 N–H and O–H groups in total. The fourth-order valence-corrected chi connectivity index (χ4v) is 3.86. The average molecular weight is 454 g/mol. The van der Waals surface area contributed by atoms with E-state index < -0.39 is 12.0 Å². The van der Waals surface area contributed by atoms with Gasteiger partial charge in [0.1, 0.15) is 11.7 Å². The molecule has 0 aliphatic carbocycles. The van der Waals surface area contributed by atoms with E-state index in [-0.39, 0.29) is 12.5 Å². The van der Waals surface area contributed by atoms with Gasteiger partial charge in [-0.25, -0.2) is 4.68 Å². The maximum Gasteiger partial charge on any atom is 0.235 e. The molecule has 1 aromatic heterocycles. The molecule has 1 aliphatic heterocycles. The Labute approximate surface area is 190 Å². The molecule has 1 amide bonds. The summed E-state index contributed by atoms with van der Waals surface area (Å²) in [6.45, 7) is 4.17. The van der Waals surface area contributed by atoms with Gasteiger partial charge in [0.25, 0.3) is 0 Å². The van der Waals surface area contributed by atoms with Crippen molar-refractivity contribution in [2.75, 3.05) is 24.4 Å². The van der Waals surface area contributed by atoms with Crippen LogP contribution in [0.25, 0.3) is 0 Å². The summed E-state index contributed by atoms with van der Waals surface area (Å²) in [4.78, 5) is 17.9. The molecule has 32 heavy (non-hydrogen) atoms. The van der Waals surface area contributed by atoms with Gasteiger partial charge in [0.15, 0.2) is 5.82 Å². The Morgan fingerprint density at radius 2 is 1.97 bits per heavy atom. The van der Waals surface area contributed by atoms with Crippen LogP contribution < -0.4 is 15.4 Å². The molecule has 8 nitrogen and oxygen atoms in total. The number of aromatic nitrogens is 3. The number of carbonyl (C=O) groups excluding carboxylic acids is 1. The Bertz CT molecular complexity index is 1110. The van der Waals surface area contributed by atoms with Crippen LogP contribution in [0.3, 0.4) is 0 Å². The number of ether oxygens (including phenoxy) is 1. The van der Waals surface area contributed by atoms with Crippen LogP contribution in [0.4, 0.5) is 11.6 Å². The minimum atomic E-state index is -0.654. The number of methoxy groups -OCH3 is 1. The lowest BCUT2D eigenvalue weighted by atomic mass is 9.88. The van der Waals surface area contributed by atoms with Crippen molar-refractivity contribution >= 4 is 29.1 Å². The van der Waals surface area contributed by atoms with Gasteiger partial charge in [0.2, 0.25) is 11.9 Å². The zero-order chi connectivity index (χ0) is 22.7. The first-order valence-corrected chi connectivity index (χ1v) is 10.6. The number of nitrogens with zero attached hydrogens (tertiary/aromatic N) is 3. The van der Waals surface area contributed by atoms with E-state index in [9.17, 15) is 4.79 Å². The number of aliphatic hydroxyl groups is 1. The van der Waals surface area contributed by atoms with Crippen LogP contribution in [-0.2, 0) is 11.2 Å². The highest BCUT2D eigenvalue weighted by atomic mass is 35.5. The van der Waals surface area contributed by atoms with Crippen molar-refractivity contribution < 1.29 is 14.6 Å². The van der Waals surface area contributed by atoms with Crippen LogP contribution in [0.5, 0.6) is 5.75 Å². The third kappa shape index (κ3) is 4.46. The minimum absolute atomic E-state index is 0.0536. The Morgan fingerprint density at radius 1 is 1.25 bits per heavy atom. The van der Waals surface area contributed by atoms with Gasteiger partial charge < -0.3 is 20.5 Å². The second kappa shape index (κ2) is 9.42. The Balaban J connectivity index is 1.72. The predicted molar refractivity (Wildman–Crippen MR) is 123 cm³/mol. The molecule has 0 spiro atoms. The lowest BCUT2D eigenvalue weighted by molar-refractivity contribution is -0.119. The van der Waals surface area contributed by atoms with Gasteiger partial charge in [-0.1, -0.05) is 30.3 Å². The third-order valence-electron chi connectivity index (χ3n) is 5.31. The predicted octanol–water partition coefficient (Wildman–Crippen LogP) is 3.65. The van der Waals surface area contributed by atoms with Gasteiger partial charge in [-0.15, -0.1) is 0 Å². The van der Waals surface area contributed by atoms with Crippen molar-refractivity contribution in [3.8, 4) is 5.75 Å². The molecule has 4 rings (SSSR count). The number of hydrogen-bond donors (Lipinski definition) is 3. The number of anilines is 2. The second-order valence-corrected chi connectivity index (χ2v) is 7.90. The van der Waals surface area contributed by atoms with Crippen molar-refractivity contribution in [3.63, 3.8) is 0 Å². The molecular formula is C23H24ClN5O3. The zero-order valence-corrected chi connectivity index (χ0v) is 18.3. The monoisotopic (exact) mass is 453 g/mol.